The minimum absolute atomic E-state index is 0.110. The van der Waals surface area contributed by atoms with Gasteiger partial charge in [-0.1, -0.05) is 31.5 Å². The lowest BCUT2D eigenvalue weighted by Crippen LogP contribution is -2.27. The molecule has 0 atom stereocenters. The molecule has 148 valence electrons. The number of carbonyl (C=O) groups excluding carboxylic acids is 1. The summed E-state index contributed by atoms with van der Waals surface area (Å²) in [4.78, 5) is 12.8. The number of nitrogens with zero attached hydrogens (tertiary/aromatic N) is 4. The minimum atomic E-state index is -0.158. The number of rotatable bonds is 7. The topological polar surface area (TPSA) is 80.5 Å². The molecule has 7 nitrogen and oxygen atoms in total. The first kappa shape index (κ1) is 20.3. The quantitative estimate of drug-likeness (QED) is 0.570. The first-order chi connectivity index (χ1) is 13.4. The van der Waals surface area contributed by atoms with Crippen molar-refractivity contribution in [1.29, 1.82) is 0 Å². The van der Waals surface area contributed by atoms with Gasteiger partial charge in [0.2, 0.25) is 0 Å². The van der Waals surface area contributed by atoms with Gasteiger partial charge in [0, 0.05) is 24.5 Å². The number of aromatic amines is 1. The average Bonchev–Trinajstić information content (AvgIpc) is 3.25. The Morgan fingerprint density at radius 1 is 1.39 bits per heavy atom. The molecule has 3 rings (SSSR count). The number of nitrogens with one attached hydrogen (secondary N) is 2. The van der Waals surface area contributed by atoms with Gasteiger partial charge >= 0.3 is 0 Å². The molecule has 0 aliphatic heterocycles. The van der Waals surface area contributed by atoms with Gasteiger partial charge in [0.25, 0.3) is 5.91 Å². The summed E-state index contributed by atoms with van der Waals surface area (Å²) < 4.78 is 4.28. The molecule has 0 aliphatic rings. The smallest absolute Gasteiger partial charge is 0.254 e. The molecule has 28 heavy (non-hydrogen) atoms. The molecule has 1 amide bonds. The van der Waals surface area contributed by atoms with Crippen molar-refractivity contribution < 1.29 is 4.79 Å². The highest BCUT2D eigenvalue weighted by Crippen LogP contribution is 2.24. The summed E-state index contributed by atoms with van der Waals surface area (Å²) in [6.07, 6.45) is 2.19. The highest BCUT2D eigenvalue weighted by molar-refractivity contribution is 7.71. The summed E-state index contributed by atoms with van der Waals surface area (Å²) in [5, 5.41) is 15.0. The molecule has 0 radical (unpaired) electrons. The van der Waals surface area contributed by atoms with Crippen molar-refractivity contribution in [3.8, 4) is 5.69 Å². The van der Waals surface area contributed by atoms with Gasteiger partial charge in [-0.2, -0.15) is 10.2 Å². The van der Waals surface area contributed by atoms with Crippen LogP contribution in [0.2, 0.25) is 5.02 Å². The molecule has 0 unspecified atom stereocenters. The molecule has 2 N–H and O–H groups in total. The van der Waals surface area contributed by atoms with Gasteiger partial charge in [-0.25, -0.2) is 4.68 Å². The summed E-state index contributed by atoms with van der Waals surface area (Å²) in [6.45, 7) is 7.27. The fraction of sp³-hybridized carbons (Fsp3) is 0.368. The van der Waals surface area contributed by atoms with Crippen LogP contribution in [0.25, 0.3) is 5.69 Å². The van der Waals surface area contributed by atoms with E-state index in [1.54, 1.807) is 10.9 Å². The molecular weight excluding hydrogens is 396 g/mol. The molecule has 1 aromatic carbocycles. The number of amides is 1. The van der Waals surface area contributed by atoms with Crippen LogP contribution in [0.4, 0.5) is 0 Å². The SMILES string of the molecule is CCn1c(CCNC(=O)c2cnn(-c3cccc(Cl)c3)c2C(C)C)n[nH]c1=S. The predicted molar refractivity (Wildman–Crippen MR) is 112 cm³/mol. The Morgan fingerprint density at radius 3 is 2.86 bits per heavy atom. The molecule has 0 saturated carbocycles. The third kappa shape index (κ3) is 4.18. The maximum Gasteiger partial charge on any atom is 0.254 e. The van der Waals surface area contributed by atoms with E-state index in [-0.39, 0.29) is 11.8 Å². The number of hydrogen-bond donors (Lipinski definition) is 2. The number of halogens is 1. The monoisotopic (exact) mass is 418 g/mol. The Hall–Kier alpha value is -2.45. The van der Waals surface area contributed by atoms with E-state index in [9.17, 15) is 4.79 Å². The van der Waals surface area contributed by atoms with Crippen molar-refractivity contribution >= 4 is 29.7 Å². The lowest BCUT2D eigenvalue weighted by Gasteiger charge is -2.13. The molecular formula is C19H23ClN6OS. The molecule has 0 bridgehead atoms. The zero-order chi connectivity index (χ0) is 20.3. The number of H-pyrrole nitrogens is 1. The molecule has 0 saturated heterocycles. The van der Waals surface area contributed by atoms with Crippen LogP contribution in [0, 0.1) is 4.77 Å². The summed E-state index contributed by atoms with van der Waals surface area (Å²) in [5.74, 6) is 0.777. The van der Waals surface area contributed by atoms with Crippen molar-refractivity contribution in [3.63, 3.8) is 0 Å². The van der Waals surface area contributed by atoms with Gasteiger partial charge in [0.1, 0.15) is 5.82 Å². The average molecular weight is 419 g/mol. The van der Waals surface area contributed by atoms with Gasteiger partial charge in [0.05, 0.1) is 23.1 Å². The van der Waals surface area contributed by atoms with Gasteiger partial charge in [0.15, 0.2) is 4.77 Å². The summed E-state index contributed by atoms with van der Waals surface area (Å²) in [7, 11) is 0. The molecule has 3 aromatic rings. The van der Waals surface area contributed by atoms with Gasteiger partial charge in [-0.05, 0) is 43.3 Å². The largest absolute Gasteiger partial charge is 0.351 e. The molecule has 0 fully saturated rings. The van der Waals surface area contributed by atoms with Crippen molar-refractivity contribution in [1.82, 2.24) is 29.9 Å². The van der Waals surface area contributed by atoms with E-state index in [4.69, 9.17) is 23.8 Å². The van der Waals surface area contributed by atoms with Gasteiger partial charge < -0.3 is 9.88 Å². The van der Waals surface area contributed by atoms with Crippen LogP contribution in [0.15, 0.2) is 30.5 Å². The zero-order valence-electron chi connectivity index (χ0n) is 16.1. The summed E-state index contributed by atoms with van der Waals surface area (Å²) >= 11 is 11.3. The van der Waals surface area contributed by atoms with Crippen LogP contribution in [0.3, 0.4) is 0 Å². The van der Waals surface area contributed by atoms with E-state index in [1.165, 1.54) is 0 Å². The lowest BCUT2D eigenvalue weighted by atomic mass is 10.0. The van der Waals surface area contributed by atoms with E-state index < -0.39 is 0 Å². The third-order valence-corrected chi connectivity index (χ3v) is 4.99. The van der Waals surface area contributed by atoms with E-state index in [0.717, 1.165) is 23.8 Å². The maximum absolute atomic E-state index is 12.8. The molecule has 0 aliphatic carbocycles. The molecule has 2 aromatic heterocycles. The second-order valence-corrected chi connectivity index (χ2v) is 7.51. The van der Waals surface area contributed by atoms with E-state index >= 15 is 0 Å². The van der Waals surface area contributed by atoms with E-state index in [1.807, 2.05) is 49.6 Å². The Kier molecular flexibility index (Phi) is 6.31. The van der Waals surface area contributed by atoms with Gasteiger partial charge in [-0.15, -0.1) is 0 Å². The zero-order valence-corrected chi connectivity index (χ0v) is 17.6. The Morgan fingerprint density at radius 2 is 2.18 bits per heavy atom. The van der Waals surface area contributed by atoms with Crippen LogP contribution in [-0.4, -0.2) is 37.0 Å². The first-order valence-electron chi connectivity index (χ1n) is 9.18. The van der Waals surface area contributed by atoms with Crippen LogP contribution >= 0.6 is 23.8 Å². The van der Waals surface area contributed by atoms with Crippen molar-refractivity contribution in [2.24, 2.45) is 0 Å². The predicted octanol–water partition coefficient (Wildman–Crippen LogP) is 3.90. The van der Waals surface area contributed by atoms with Crippen LogP contribution in [-0.2, 0) is 13.0 Å². The standard InChI is InChI=1S/C19H23ClN6OS/c1-4-25-16(23-24-19(25)28)8-9-21-18(27)15-11-22-26(17(15)12(2)3)14-7-5-6-13(20)10-14/h5-7,10-12H,4,8-9H2,1-3H3,(H,21,27)(H,24,28). The van der Waals surface area contributed by atoms with Crippen molar-refractivity contribution in [3.05, 3.63) is 57.3 Å². The van der Waals surface area contributed by atoms with Crippen LogP contribution in [0.5, 0.6) is 0 Å². The fourth-order valence-corrected chi connectivity index (χ4v) is 3.62. The van der Waals surface area contributed by atoms with E-state index in [0.29, 0.717) is 28.3 Å². The Bertz CT molecular complexity index is 1040. The fourth-order valence-electron chi connectivity index (χ4n) is 3.15. The Balaban J connectivity index is 1.77. The highest BCUT2D eigenvalue weighted by atomic mass is 35.5. The number of hydrogen-bond acceptors (Lipinski definition) is 4. The van der Waals surface area contributed by atoms with Crippen molar-refractivity contribution in [2.45, 2.75) is 39.7 Å². The normalized spacial score (nSPS) is 11.2. The van der Waals surface area contributed by atoms with Crippen molar-refractivity contribution in [2.75, 3.05) is 6.54 Å². The minimum Gasteiger partial charge on any atom is -0.351 e. The number of benzene rings is 1. The lowest BCUT2D eigenvalue weighted by molar-refractivity contribution is 0.0952. The number of aromatic nitrogens is 5. The molecule has 0 spiro atoms. The van der Waals surface area contributed by atoms with Crippen LogP contribution < -0.4 is 5.32 Å². The Labute approximate surface area is 173 Å². The number of carbonyl (C=O) groups is 1. The summed E-state index contributed by atoms with van der Waals surface area (Å²) in [5.41, 5.74) is 2.23. The second kappa shape index (κ2) is 8.70. The maximum atomic E-state index is 12.8. The second-order valence-electron chi connectivity index (χ2n) is 6.69. The molecule has 9 heteroatoms. The summed E-state index contributed by atoms with van der Waals surface area (Å²) in [6, 6.07) is 7.42. The first-order valence-corrected chi connectivity index (χ1v) is 9.97. The van der Waals surface area contributed by atoms with Gasteiger partial charge in [-0.3, -0.25) is 9.89 Å². The van der Waals surface area contributed by atoms with Crippen LogP contribution in [0.1, 0.15) is 48.6 Å². The van der Waals surface area contributed by atoms with E-state index in [2.05, 4.69) is 20.6 Å². The molecule has 2 heterocycles. The highest BCUT2D eigenvalue weighted by Gasteiger charge is 2.21. The third-order valence-electron chi connectivity index (χ3n) is 4.44.